The number of hydrogen-bond acceptors (Lipinski definition) is 2. The van der Waals surface area contributed by atoms with E-state index in [0.29, 0.717) is 17.8 Å². The summed E-state index contributed by atoms with van der Waals surface area (Å²) in [6, 6.07) is 0. The Morgan fingerprint density at radius 1 is 1.67 bits per heavy atom. The van der Waals surface area contributed by atoms with Crippen LogP contribution in [0.5, 0.6) is 0 Å². The maximum Gasteiger partial charge on any atom is 0.274 e. The molecule has 1 aliphatic rings. The molecule has 0 bridgehead atoms. The zero-order valence-electron chi connectivity index (χ0n) is 8.20. The van der Waals surface area contributed by atoms with Gasteiger partial charge >= 0.3 is 0 Å². The molecule has 2 atom stereocenters. The first-order valence-corrected chi connectivity index (χ1v) is 4.88. The molecule has 78 valence electrons. The number of nitrogens with one attached hydrogen (secondary N) is 1. The number of hydrogen-bond donors (Lipinski definition) is 1. The van der Waals surface area contributed by atoms with Crippen LogP contribution in [0, 0.1) is 6.92 Å². The van der Waals surface area contributed by atoms with Crippen LogP contribution in [0.1, 0.15) is 23.9 Å². The predicted octanol–water partition coefficient (Wildman–Crippen LogP) is 1.16. The number of fused-ring (bicyclic) bond motifs is 1. The van der Waals surface area contributed by atoms with E-state index in [2.05, 4.69) is 9.97 Å². The Bertz CT molecular complexity index is 586. The second-order valence-electron chi connectivity index (χ2n) is 4.00. The van der Waals surface area contributed by atoms with Crippen molar-refractivity contribution in [1.82, 2.24) is 14.4 Å². The molecule has 1 saturated carbocycles. The number of H-pyrrole nitrogens is 1. The second-order valence-corrected chi connectivity index (χ2v) is 4.00. The van der Waals surface area contributed by atoms with Gasteiger partial charge in [0.1, 0.15) is 17.5 Å². The van der Waals surface area contributed by atoms with Crippen LogP contribution >= 0.6 is 0 Å². The minimum atomic E-state index is -0.796. The largest absolute Gasteiger partial charge is 0.323 e. The van der Waals surface area contributed by atoms with Crippen molar-refractivity contribution in [3.8, 4) is 0 Å². The Labute approximate surface area is 84.8 Å². The van der Waals surface area contributed by atoms with Gasteiger partial charge in [0.25, 0.3) is 5.56 Å². The lowest BCUT2D eigenvalue weighted by Gasteiger charge is -1.99. The molecule has 0 saturated heterocycles. The van der Waals surface area contributed by atoms with Gasteiger partial charge in [-0.25, -0.2) is 9.37 Å². The van der Waals surface area contributed by atoms with Crippen LogP contribution in [-0.4, -0.2) is 20.5 Å². The molecule has 2 aromatic rings. The molecule has 1 N–H and O–H groups in total. The van der Waals surface area contributed by atoms with Crippen LogP contribution in [-0.2, 0) is 0 Å². The monoisotopic (exact) mass is 207 g/mol. The van der Waals surface area contributed by atoms with E-state index >= 15 is 0 Å². The van der Waals surface area contributed by atoms with Crippen LogP contribution in [0.15, 0.2) is 17.2 Å². The number of aryl methyl sites for hydroxylation is 1. The molecular formula is C10H10FN3O. The number of halogens is 1. The van der Waals surface area contributed by atoms with Gasteiger partial charge in [-0.15, -0.1) is 0 Å². The van der Waals surface area contributed by atoms with Crippen LogP contribution in [0.25, 0.3) is 5.52 Å². The lowest BCUT2D eigenvalue weighted by Crippen LogP contribution is -2.11. The number of nitrogens with zero attached hydrogens (tertiary/aromatic N) is 2. The summed E-state index contributed by atoms with van der Waals surface area (Å²) in [5.41, 5.74) is 1.06. The maximum atomic E-state index is 12.9. The summed E-state index contributed by atoms with van der Waals surface area (Å²) in [7, 11) is 0. The van der Waals surface area contributed by atoms with Gasteiger partial charge in [0, 0.05) is 11.9 Å². The zero-order chi connectivity index (χ0) is 10.6. The third-order valence-electron chi connectivity index (χ3n) is 2.74. The fraction of sp³-hybridized carbons (Fsp3) is 0.400. The van der Waals surface area contributed by atoms with Crippen molar-refractivity contribution < 1.29 is 4.39 Å². The number of imidazole rings is 1. The lowest BCUT2D eigenvalue weighted by atomic mass is 10.4. The average Bonchev–Trinajstić information content (AvgIpc) is 2.74. The average molecular weight is 207 g/mol. The van der Waals surface area contributed by atoms with Crippen molar-refractivity contribution in [2.24, 2.45) is 0 Å². The molecule has 0 amide bonds. The molecule has 1 fully saturated rings. The highest BCUT2D eigenvalue weighted by molar-refractivity contribution is 5.45. The van der Waals surface area contributed by atoms with Crippen LogP contribution in [0.2, 0.25) is 0 Å². The van der Waals surface area contributed by atoms with Gasteiger partial charge in [-0.05, 0) is 13.3 Å². The predicted molar refractivity (Wildman–Crippen MR) is 52.8 cm³/mol. The van der Waals surface area contributed by atoms with Gasteiger partial charge in [0.2, 0.25) is 0 Å². The van der Waals surface area contributed by atoms with Gasteiger partial charge in [-0.2, -0.15) is 0 Å². The normalized spacial score (nSPS) is 24.7. The van der Waals surface area contributed by atoms with Crippen molar-refractivity contribution >= 4 is 5.52 Å². The molecule has 15 heavy (non-hydrogen) atoms. The van der Waals surface area contributed by atoms with Gasteiger partial charge in [-0.1, -0.05) is 0 Å². The third-order valence-corrected chi connectivity index (χ3v) is 2.74. The molecule has 0 aliphatic heterocycles. The minimum Gasteiger partial charge on any atom is -0.323 e. The number of aromatic amines is 1. The Hall–Kier alpha value is -1.65. The Morgan fingerprint density at radius 3 is 3.07 bits per heavy atom. The molecule has 0 spiro atoms. The molecule has 4 nitrogen and oxygen atoms in total. The van der Waals surface area contributed by atoms with E-state index in [-0.39, 0.29) is 11.5 Å². The van der Waals surface area contributed by atoms with Gasteiger partial charge in [0.05, 0.1) is 12.1 Å². The Morgan fingerprint density at radius 2 is 2.40 bits per heavy atom. The van der Waals surface area contributed by atoms with Crippen LogP contribution in [0.4, 0.5) is 4.39 Å². The quantitative estimate of drug-likeness (QED) is 0.762. The first-order valence-electron chi connectivity index (χ1n) is 4.88. The first kappa shape index (κ1) is 8.64. The number of aromatic nitrogens is 3. The smallest absolute Gasteiger partial charge is 0.274 e. The third kappa shape index (κ3) is 1.19. The van der Waals surface area contributed by atoms with Gasteiger partial charge < -0.3 is 4.98 Å². The van der Waals surface area contributed by atoms with E-state index in [1.54, 1.807) is 17.5 Å². The SMILES string of the molecule is Cc1cn2c(C3CC3F)ncc2c(=O)[nH]1. The summed E-state index contributed by atoms with van der Waals surface area (Å²) in [5.74, 6) is 0.528. The molecule has 0 radical (unpaired) electrons. The Balaban J connectivity index is 2.29. The van der Waals surface area contributed by atoms with Crippen molar-refractivity contribution in [3.05, 3.63) is 34.3 Å². The van der Waals surface area contributed by atoms with Crippen molar-refractivity contribution in [1.29, 1.82) is 0 Å². The summed E-state index contributed by atoms with van der Waals surface area (Å²) >= 11 is 0. The summed E-state index contributed by atoms with van der Waals surface area (Å²) < 4.78 is 14.6. The van der Waals surface area contributed by atoms with Gasteiger partial charge in [0.15, 0.2) is 0 Å². The fourth-order valence-electron chi connectivity index (χ4n) is 1.85. The first-order chi connectivity index (χ1) is 7.16. The zero-order valence-corrected chi connectivity index (χ0v) is 8.20. The van der Waals surface area contributed by atoms with E-state index in [0.717, 1.165) is 5.69 Å². The second kappa shape index (κ2) is 2.68. The van der Waals surface area contributed by atoms with Gasteiger partial charge in [-0.3, -0.25) is 9.20 Å². The Kier molecular flexibility index (Phi) is 1.55. The topological polar surface area (TPSA) is 50.2 Å². The van der Waals surface area contributed by atoms with Crippen molar-refractivity contribution in [3.63, 3.8) is 0 Å². The highest BCUT2D eigenvalue weighted by Gasteiger charge is 2.41. The molecule has 2 heterocycles. The lowest BCUT2D eigenvalue weighted by molar-refractivity contribution is 0.464. The number of rotatable bonds is 1. The van der Waals surface area contributed by atoms with E-state index in [1.807, 2.05) is 0 Å². The summed E-state index contributed by atoms with van der Waals surface area (Å²) in [5, 5.41) is 0. The molecule has 0 aromatic carbocycles. The molecule has 2 aromatic heterocycles. The molecule has 3 rings (SSSR count). The van der Waals surface area contributed by atoms with E-state index < -0.39 is 6.17 Å². The summed E-state index contributed by atoms with van der Waals surface area (Å²) in [4.78, 5) is 18.3. The molecular weight excluding hydrogens is 197 g/mol. The standard InChI is InChI=1S/C10H10FN3O/c1-5-4-14-8(10(15)13-5)3-12-9(14)6-2-7(6)11/h3-4,6-7H,2H2,1H3,(H,13,15). The van der Waals surface area contributed by atoms with Crippen LogP contribution < -0.4 is 5.56 Å². The van der Waals surface area contributed by atoms with Crippen molar-refractivity contribution in [2.75, 3.05) is 0 Å². The minimum absolute atomic E-state index is 0.131. The number of alkyl halides is 1. The van der Waals surface area contributed by atoms with Crippen molar-refractivity contribution in [2.45, 2.75) is 25.4 Å². The van der Waals surface area contributed by atoms with E-state index in [9.17, 15) is 9.18 Å². The molecule has 5 heteroatoms. The van der Waals surface area contributed by atoms with E-state index in [4.69, 9.17) is 0 Å². The molecule has 2 unspecified atom stereocenters. The summed E-state index contributed by atoms with van der Waals surface area (Å²) in [6.07, 6.45) is 3.00. The summed E-state index contributed by atoms with van der Waals surface area (Å²) in [6.45, 7) is 1.80. The maximum absolute atomic E-state index is 12.9. The fourth-order valence-corrected chi connectivity index (χ4v) is 1.85. The van der Waals surface area contributed by atoms with Crippen LogP contribution in [0.3, 0.4) is 0 Å². The molecule has 1 aliphatic carbocycles. The van der Waals surface area contributed by atoms with E-state index in [1.165, 1.54) is 6.20 Å². The highest BCUT2D eigenvalue weighted by Crippen LogP contribution is 2.42. The highest BCUT2D eigenvalue weighted by atomic mass is 19.1.